The Labute approximate surface area is 83.3 Å². The van der Waals surface area contributed by atoms with Crippen molar-refractivity contribution in [3.05, 3.63) is 28.8 Å². The van der Waals surface area contributed by atoms with Gasteiger partial charge in [0.1, 0.15) is 5.75 Å². The zero-order valence-electron chi connectivity index (χ0n) is 7.84. The molecule has 13 heavy (non-hydrogen) atoms. The number of aromatic hydroxyl groups is 1. The summed E-state index contributed by atoms with van der Waals surface area (Å²) in [6.07, 6.45) is 0. The summed E-state index contributed by atoms with van der Waals surface area (Å²) in [5, 5.41) is 10.2. The maximum Gasteiger partial charge on any atom is 0.120 e. The molecule has 0 fully saturated rings. The molecule has 0 aromatic heterocycles. The van der Waals surface area contributed by atoms with Crippen molar-refractivity contribution >= 4 is 11.6 Å². The van der Waals surface area contributed by atoms with Gasteiger partial charge in [-0.2, -0.15) is 0 Å². The van der Waals surface area contributed by atoms with E-state index in [2.05, 4.69) is 0 Å². The Hall–Kier alpha value is -0.730. The lowest BCUT2D eigenvalue weighted by Gasteiger charge is -2.23. The van der Waals surface area contributed by atoms with E-state index in [1.165, 1.54) is 6.07 Å². The van der Waals surface area contributed by atoms with Gasteiger partial charge in [-0.15, -0.1) is 0 Å². The second-order valence-electron chi connectivity index (χ2n) is 3.75. The van der Waals surface area contributed by atoms with Crippen molar-refractivity contribution in [1.29, 1.82) is 0 Å². The van der Waals surface area contributed by atoms with E-state index in [9.17, 15) is 5.11 Å². The van der Waals surface area contributed by atoms with Gasteiger partial charge in [-0.25, -0.2) is 0 Å². The van der Waals surface area contributed by atoms with Crippen LogP contribution >= 0.6 is 11.6 Å². The van der Waals surface area contributed by atoms with Crippen LogP contribution in [0, 0.1) is 0 Å². The quantitative estimate of drug-likeness (QED) is 0.768. The minimum absolute atomic E-state index is 0.211. The number of halogens is 1. The van der Waals surface area contributed by atoms with Crippen LogP contribution in [0.15, 0.2) is 18.2 Å². The summed E-state index contributed by atoms with van der Waals surface area (Å²) >= 11 is 5.72. The smallest absolute Gasteiger partial charge is 0.120 e. The molecular formula is C10H14ClNO. The van der Waals surface area contributed by atoms with Crippen molar-refractivity contribution < 1.29 is 5.11 Å². The molecule has 1 rings (SSSR count). The fourth-order valence-corrected chi connectivity index (χ4v) is 1.35. The third kappa shape index (κ3) is 2.14. The normalized spacial score (nSPS) is 11.7. The molecule has 3 N–H and O–H groups in total. The number of phenols is 1. The lowest BCUT2D eigenvalue weighted by molar-refractivity contribution is 0.438. The molecule has 0 aliphatic heterocycles. The van der Waals surface area contributed by atoms with Crippen LogP contribution in [0.5, 0.6) is 5.75 Å². The minimum Gasteiger partial charge on any atom is -0.508 e. The first-order valence-electron chi connectivity index (χ1n) is 4.16. The van der Waals surface area contributed by atoms with Crippen molar-refractivity contribution in [2.75, 3.05) is 6.54 Å². The highest BCUT2D eigenvalue weighted by Crippen LogP contribution is 2.31. The average molecular weight is 200 g/mol. The van der Waals surface area contributed by atoms with E-state index < -0.39 is 0 Å². The first-order chi connectivity index (χ1) is 5.97. The van der Waals surface area contributed by atoms with Crippen molar-refractivity contribution in [3.63, 3.8) is 0 Å². The van der Waals surface area contributed by atoms with E-state index in [0.29, 0.717) is 11.6 Å². The number of benzene rings is 1. The standard InChI is InChI=1S/C10H14ClNO/c1-10(2,6-12)8-4-3-7(11)5-9(8)13/h3-5,13H,6,12H2,1-2H3. The maximum atomic E-state index is 9.62. The Morgan fingerprint density at radius 3 is 2.54 bits per heavy atom. The second-order valence-corrected chi connectivity index (χ2v) is 4.19. The lowest BCUT2D eigenvalue weighted by Crippen LogP contribution is -2.28. The molecule has 0 radical (unpaired) electrons. The van der Waals surface area contributed by atoms with Crippen LogP contribution in [0.25, 0.3) is 0 Å². The summed E-state index contributed by atoms with van der Waals surface area (Å²) in [5.74, 6) is 0.211. The highest BCUT2D eigenvalue weighted by Gasteiger charge is 2.21. The molecule has 1 aromatic carbocycles. The first kappa shape index (κ1) is 10.4. The number of hydrogen-bond donors (Lipinski definition) is 2. The van der Waals surface area contributed by atoms with E-state index in [0.717, 1.165) is 5.56 Å². The molecule has 0 unspecified atom stereocenters. The molecule has 0 amide bonds. The van der Waals surface area contributed by atoms with Gasteiger partial charge in [0.15, 0.2) is 0 Å². The number of nitrogens with two attached hydrogens (primary N) is 1. The highest BCUT2D eigenvalue weighted by molar-refractivity contribution is 6.30. The van der Waals surface area contributed by atoms with Gasteiger partial charge >= 0.3 is 0 Å². The molecule has 0 heterocycles. The van der Waals surface area contributed by atoms with E-state index in [1.54, 1.807) is 6.07 Å². The van der Waals surface area contributed by atoms with E-state index in [4.69, 9.17) is 17.3 Å². The molecule has 3 heteroatoms. The van der Waals surface area contributed by atoms with E-state index >= 15 is 0 Å². The molecule has 0 atom stereocenters. The predicted octanol–water partition coefficient (Wildman–Crippen LogP) is 2.28. The fourth-order valence-electron chi connectivity index (χ4n) is 1.19. The number of rotatable bonds is 2. The van der Waals surface area contributed by atoms with Gasteiger partial charge in [-0.05, 0) is 12.1 Å². The maximum absolute atomic E-state index is 9.62. The topological polar surface area (TPSA) is 46.2 Å². The average Bonchev–Trinajstić information content (AvgIpc) is 2.03. The van der Waals surface area contributed by atoms with Crippen molar-refractivity contribution in [2.24, 2.45) is 5.73 Å². The van der Waals surface area contributed by atoms with Crippen LogP contribution in [0.4, 0.5) is 0 Å². The largest absolute Gasteiger partial charge is 0.508 e. The molecule has 0 spiro atoms. The van der Waals surface area contributed by atoms with Crippen LogP contribution in [0.1, 0.15) is 19.4 Å². The zero-order valence-corrected chi connectivity index (χ0v) is 8.60. The summed E-state index contributed by atoms with van der Waals surface area (Å²) in [6.45, 7) is 4.45. The molecule has 1 aromatic rings. The molecule has 0 saturated carbocycles. The van der Waals surface area contributed by atoms with Crippen molar-refractivity contribution in [2.45, 2.75) is 19.3 Å². The fraction of sp³-hybridized carbons (Fsp3) is 0.400. The summed E-state index contributed by atoms with van der Waals surface area (Å²) in [4.78, 5) is 0. The summed E-state index contributed by atoms with van der Waals surface area (Å²) in [6, 6.07) is 5.10. The Bertz CT molecular complexity index is 310. The monoisotopic (exact) mass is 199 g/mol. The van der Waals surface area contributed by atoms with Crippen molar-refractivity contribution in [3.8, 4) is 5.75 Å². The van der Waals surface area contributed by atoms with E-state index in [-0.39, 0.29) is 11.2 Å². The van der Waals surface area contributed by atoms with Crippen LogP contribution < -0.4 is 5.73 Å². The van der Waals surface area contributed by atoms with Gasteiger partial charge in [0, 0.05) is 22.5 Å². The van der Waals surface area contributed by atoms with Gasteiger partial charge in [-0.1, -0.05) is 31.5 Å². The van der Waals surface area contributed by atoms with Crippen LogP contribution in [0.2, 0.25) is 5.02 Å². The zero-order chi connectivity index (χ0) is 10.1. The molecular weight excluding hydrogens is 186 g/mol. The molecule has 0 aliphatic rings. The third-order valence-corrected chi connectivity index (χ3v) is 2.43. The predicted molar refractivity (Wildman–Crippen MR) is 55.2 cm³/mol. The van der Waals surface area contributed by atoms with Crippen LogP contribution in [-0.2, 0) is 5.41 Å². The Morgan fingerprint density at radius 2 is 2.08 bits per heavy atom. The Balaban J connectivity index is 3.16. The number of phenolic OH excluding ortho intramolecular Hbond substituents is 1. The summed E-state index contributed by atoms with van der Waals surface area (Å²) in [7, 11) is 0. The Morgan fingerprint density at radius 1 is 1.46 bits per heavy atom. The Kier molecular flexibility index (Phi) is 2.84. The molecule has 0 saturated heterocycles. The molecule has 0 bridgehead atoms. The third-order valence-electron chi connectivity index (χ3n) is 2.20. The van der Waals surface area contributed by atoms with Gasteiger partial charge in [0.25, 0.3) is 0 Å². The van der Waals surface area contributed by atoms with Gasteiger partial charge in [-0.3, -0.25) is 0 Å². The lowest BCUT2D eigenvalue weighted by atomic mass is 9.84. The van der Waals surface area contributed by atoms with Crippen LogP contribution in [-0.4, -0.2) is 11.7 Å². The highest BCUT2D eigenvalue weighted by atomic mass is 35.5. The molecule has 72 valence electrons. The van der Waals surface area contributed by atoms with Gasteiger partial charge < -0.3 is 10.8 Å². The second kappa shape index (κ2) is 3.56. The molecule has 2 nitrogen and oxygen atoms in total. The summed E-state index contributed by atoms with van der Waals surface area (Å²) in [5.41, 5.74) is 6.22. The minimum atomic E-state index is -0.214. The van der Waals surface area contributed by atoms with Gasteiger partial charge in [0.2, 0.25) is 0 Å². The van der Waals surface area contributed by atoms with Crippen molar-refractivity contribution in [1.82, 2.24) is 0 Å². The number of hydrogen-bond acceptors (Lipinski definition) is 2. The van der Waals surface area contributed by atoms with E-state index in [1.807, 2.05) is 19.9 Å². The molecule has 0 aliphatic carbocycles. The summed E-state index contributed by atoms with van der Waals surface area (Å²) < 4.78 is 0. The SMILES string of the molecule is CC(C)(CN)c1ccc(Cl)cc1O. The van der Waals surface area contributed by atoms with Gasteiger partial charge in [0.05, 0.1) is 0 Å². The first-order valence-corrected chi connectivity index (χ1v) is 4.54. The van der Waals surface area contributed by atoms with Crippen LogP contribution in [0.3, 0.4) is 0 Å².